The van der Waals surface area contributed by atoms with E-state index in [1.807, 2.05) is 12.3 Å². The second-order valence-electron chi connectivity index (χ2n) is 6.54. The highest BCUT2D eigenvalue weighted by atomic mass is 16.2. The van der Waals surface area contributed by atoms with E-state index in [1.54, 1.807) is 27.8 Å². The van der Waals surface area contributed by atoms with E-state index in [9.17, 15) is 4.79 Å². The Morgan fingerprint density at radius 1 is 1.38 bits per heavy atom. The van der Waals surface area contributed by atoms with Crippen molar-refractivity contribution in [3.63, 3.8) is 0 Å². The predicted octanol–water partition coefficient (Wildman–Crippen LogP) is 0.783. The van der Waals surface area contributed by atoms with Crippen LogP contribution < -0.4 is 10.6 Å². The van der Waals surface area contributed by atoms with E-state index in [1.165, 1.54) is 19.3 Å². The van der Waals surface area contributed by atoms with E-state index in [4.69, 9.17) is 0 Å². The number of fused-ring (bicyclic) bond motifs is 1. The van der Waals surface area contributed by atoms with E-state index in [0.29, 0.717) is 18.3 Å². The Labute approximate surface area is 150 Å². The lowest BCUT2D eigenvalue weighted by molar-refractivity contribution is 0.0946. The first-order valence-corrected chi connectivity index (χ1v) is 8.98. The Morgan fingerprint density at radius 2 is 2.35 bits per heavy atom. The lowest BCUT2D eigenvalue weighted by Crippen LogP contribution is -2.34. The average Bonchev–Trinajstić information content (AvgIpc) is 3.32. The molecule has 1 atom stereocenters. The van der Waals surface area contributed by atoms with Gasteiger partial charge in [0.2, 0.25) is 0 Å². The highest BCUT2D eigenvalue weighted by Gasteiger charge is 2.15. The molecule has 0 aromatic carbocycles. The minimum atomic E-state index is -0.248. The number of nitrogens with one attached hydrogen (secondary N) is 2. The Kier molecular flexibility index (Phi) is 4.87. The molecule has 0 radical (unpaired) electrons. The second-order valence-corrected chi connectivity index (χ2v) is 6.54. The molecule has 3 aromatic heterocycles. The summed E-state index contributed by atoms with van der Waals surface area (Å²) in [6, 6.07) is 2.34. The van der Waals surface area contributed by atoms with Gasteiger partial charge >= 0.3 is 0 Å². The lowest BCUT2D eigenvalue weighted by atomic mass is 10.0. The quantitative estimate of drug-likeness (QED) is 0.678. The molecule has 0 bridgehead atoms. The molecule has 0 spiro atoms. The van der Waals surface area contributed by atoms with Crippen molar-refractivity contribution >= 4 is 11.6 Å². The molecule has 1 aliphatic heterocycles. The Hall–Kier alpha value is -2.81. The number of hydrogen-bond acceptors (Lipinski definition) is 6. The third-order valence-electron chi connectivity index (χ3n) is 4.68. The van der Waals surface area contributed by atoms with Crippen LogP contribution in [0.1, 0.15) is 41.7 Å². The summed E-state index contributed by atoms with van der Waals surface area (Å²) in [4.78, 5) is 16.6. The highest BCUT2D eigenvalue weighted by molar-refractivity contribution is 5.91. The number of carbonyl (C=O) groups excluding carboxylic acids is 1. The van der Waals surface area contributed by atoms with Gasteiger partial charge in [-0.2, -0.15) is 5.10 Å². The summed E-state index contributed by atoms with van der Waals surface area (Å²) < 4.78 is 3.42. The van der Waals surface area contributed by atoms with Crippen LogP contribution in [0.25, 0.3) is 5.65 Å². The molecule has 0 saturated carbocycles. The van der Waals surface area contributed by atoms with E-state index in [2.05, 4.69) is 31.0 Å². The zero-order valence-corrected chi connectivity index (χ0v) is 14.5. The fourth-order valence-corrected chi connectivity index (χ4v) is 3.24. The maximum Gasteiger partial charge on any atom is 0.273 e. The zero-order chi connectivity index (χ0) is 17.8. The molecule has 2 N–H and O–H groups in total. The van der Waals surface area contributed by atoms with Crippen LogP contribution >= 0.6 is 0 Å². The fraction of sp³-hybridized carbons (Fsp3) is 0.471. The molecule has 0 aliphatic carbocycles. The van der Waals surface area contributed by atoms with Crippen LogP contribution in [0.5, 0.6) is 0 Å². The molecular formula is C17H22N8O. The van der Waals surface area contributed by atoms with E-state index in [-0.39, 0.29) is 5.91 Å². The lowest BCUT2D eigenvalue weighted by Gasteiger charge is -2.23. The molecule has 26 heavy (non-hydrogen) atoms. The number of amides is 1. The second kappa shape index (κ2) is 7.61. The molecule has 9 heteroatoms. The predicted molar refractivity (Wildman–Crippen MR) is 94.4 cm³/mol. The smallest absolute Gasteiger partial charge is 0.273 e. The van der Waals surface area contributed by atoms with Crippen molar-refractivity contribution in [2.45, 2.75) is 44.8 Å². The third kappa shape index (κ3) is 3.72. The Balaban J connectivity index is 1.31. The third-order valence-corrected chi connectivity index (χ3v) is 4.68. The maximum absolute atomic E-state index is 12.3. The highest BCUT2D eigenvalue weighted by Crippen LogP contribution is 2.11. The number of piperidine rings is 1. The van der Waals surface area contributed by atoms with Gasteiger partial charge in [0.15, 0.2) is 11.3 Å². The van der Waals surface area contributed by atoms with Crippen molar-refractivity contribution in [3.05, 3.63) is 42.1 Å². The molecular weight excluding hydrogens is 332 g/mol. The molecule has 1 fully saturated rings. The number of nitrogens with zero attached hydrogens (tertiary/aromatic N) is 6. The topological polar surface area (TPSA) is 102 Å². The van der Waals surface area contributed by atoms with E-state index < -0.39 is 0 Å². The average molecular weight is 354 g/mol. The number of aryl methyl sites for hydroxylation is 1. The molecule has 9 nitrogen and oxygen atoms in total. The molecule has 1 saturated heterocycles. The van der Waals surface area contributed by atoms with Crippen LogP contribution in [-0.2, 0) is 13.1 Å². The largest absolute Gasteiger partial charge is 0.346 e. The minimum absolute atomic E-state index is 0.248. The standard InChI is InChI=1S/C17H22N8O/c26-17(20-10-13-11-21-25-8-3-7-19-16(13)25)15-12-24(23-22-15)9-5-14-4-1-2-6-18-14/h3,7-8,11-12,14,18H,1-2,4-6,9-10H2,(H,20,26)/t14-/m1/s1. The maximum atomic E-state index is 12.3. The fourth-order valence-electron chi connectivity index (χ4n) is 3.24. The molecule has 4 rings (SSSR count). The molecule has 4 heterocycles. The van der Waals surface area contributed by atoms with Gasteiger partial charge in [0, 0.05) is 37.1 Å². The molecule has 1 aliphatic rings. The molecule has 0 unspecified atom stereocenters. The van der Waals surface area contributed by atoms with Crippen molar-refractivity contribution in [1.29, 1.82) is 0 Å². The van der Waals surface area contributed by atoms with Gasteiger partial charge < -0.3 is 10.6 Å². The van der Waals surface area contributed by atoms with Crippen LogP contribution in [-0.4, -0.2) is 48.1 Å². The van der Waals surface area contributed by atoms with Crippen molar-refractivity contribution in [1.82, 2.24) is 40.2 Å². The van der Waals surface area contributed by atoms with Gasteiger partial charge in [-0.3, -0.25) is 9.48 Å². The van der Waals surface area contributed by atoms with Gasteiger partial charge in [0.1, 0.15) is 0 Å². The number of carbonyl (C=O) groups is 1. The zero-order valence-electron chi connectivity index (χ0n) is 14.5. The molecule has 136 valence electrons. The van der Waals surface area contributed by atoms with Crippen molar-refractivity contribution < 1.29 is 4.79 Å². The summed E-state index contributed by atoms with van der Waals surface area (Å²) in [6.45, 7) is 2.20. The van der Waals surface area contributed by atoms with E-state index in [0.717, 1.165) is 30.7 Å². The van der Waals surface area contributed by atoms with Crippen LogP contribution in [0, 0.1) is 0 Å². The first kappa shape index (κ1) is 16.6. The van der Waals surface area contributed by atoms with Crippen molar-refractivity contribution in [2.24, 2.45) is 0 Å². The van der Waals surface area contributed by atoms with Crippen molar-refractivity contribution in [2.75, 3.05) is 6.54 Å². The van der Waals surface area contributed by atoms with Gasteiger partial charge in [-0.15, -0.1) is 5.10 Å². The van der Waals surface area contributed by atoms with Crippen LogP contribution in [0.4, 0.5) is 0 Å². The van der Waals surface area contributed by atoms with Crippen LogP contribution in [0.3, 0.4) is 0 Å². The van der Waals surface area contributed by atoms with Crippen LogP contribution in [0.2, 0.25) is 0 Å². The first-order valence-electron chi connectivity index (χ1n) is 8.98. The summed E-state index contributed by atoms with van der Waals surface area (Å²) in [5, 5.41) is 18.6. The van der Waals surface area contributed by atoms with Gasteiger partial charge in [-0.05, 0) is 31.9 Å². The number of rotatable bonds is 6. The van der Waals surface area contributed by atoms with Gasteiger partial charge in [0.25, 0.3) is 5.91 Å². The monoisotopic (exact) mass is 354 g/mol. The molecule has 1 amide bonds. The molecule has 3 aromatic rings. The van der Waals surface area contributed by atoms with Gasteiger partial charge in [-0.25, -0.2) is 9.50 Å². The summed E-state index contributed by atoms with van der Waals surface area (Å²) >= 11 is 0. The number of hydrogen-bond donors (Lipinski definition) is 2. The summed E-state index contributed by atoms with van der Waals surface area (Å²) in [7, 11) is 0. The Bertz CT molecular complexity index is 880. The normalized spacial score (nSPS) is 17.5. The van der Waals surface area contributed by atoms with Gasteiger partial charge in [-0.1, -0.05) is 11.6 Å². The van der Waals surface area contributed by atoms with Crippen LogP contribution in [0.15, 0.2) is 30.9 Å². The number of aromatic nitrogens is 6. The minimum Gasteiger partial charge on any atom is -0.346 e. The SMILES string of the molecule is O=C(NCc1cnn2cccnc12)c1cn(CC[C@H]2CCCCN2)nn1. The van der Waals surface area contributed by atoms with E-state index >= 15 is 0 Å². The van der Waals surface area contributed by atoms with Gasteiger partial charge in [0.05, 0.1) is 12.4 Å². The first-order chi connectivity index (χ1) is 12.8. The Morgan fingerprint density at radius 3 is 3.23 bits per heavy atom. The summed E-state index contributed by atoms with van der Waals surface area (Å²) in [5.41, 5.74) is 1.91. The van der Waals surface area contributed by atoms with Crippen molar-refractivity contribution in [3.8, 4) is 0 Å². The summed E-state index contributed by atoms with van der Waals surface area (Å²) in [5.74, 6) is -0.248. The summed E-state index contributed by atoms with van der Waals surface area (Å²) in [6.07, 6.45) is 11.7.